The lowest BCUT2D eigenvalue weighted by Crippen LogP contribution is -2.37. The minimum atomic E-state index is -0.00671. The lowest BCUT2D eigenvalue weighted by Gasteiger charge is -2.26. The molecule has 0 spiro atoms. The lowest BCUT2D eigenvalue weighted by atomic mass is 10.0. The first-order valence-corrected chi connectivity index (χ1v) is 5.37. The molecule has 1 aliphatic rings. The molecule has 0 aromatic rings. The van der Waals surface area contributed by atoms with Gasteiger partial charge in [-0.1, -0.05) is 20.8 Å². The van der Waals surface area contributed by atoms with Gasteiger partial charge in [-0.2, -0.15) is 0 Å². The fourth-order valence-electron chi connectivity index (χ4n) is 1.63. The lowest BCUT2D eigenvalue weighted by molar-refractivity contribution is 0.332. The predicted octanol–water partition coefficient (Wildman–Crippen LogP) is 1.89. The molecule has 1 heterocycles. The van der Waals surface area contributed by atoms with Crippen LogP contribution in [0, 0.1) is 5.92 Å². The molecule has 0 aromatic carbocycles. The van der Waals surface area contributed by atoms with Gasteiger partial charge in [-0.05, 0) is 12.3 Å². The largest absolute Gasteiger partial charge is 0.483 e. The predicted molar refractivity (Wildman–Crippen MR) is 61.6 cm³/mol. The molecular formula is C11H20N2O2. The molecule has 1 rings (SSSR count). The second-order valence-electron chi connectivity index (χ2n) is 3.96. The van der Waals surface area contributed by atoms with E-state index in [1.807, 2.05) is 0 Å². The quantitative estimate of drug-likeness (QED) is 0.701. The summed E-state index contributed by atoms with van der Waals surface area (Å²) in [4.78, 5) is 9.06. The van der Waals surface area contributed by atoms with Crippen LogP contribution in [0.4, 0.5) is 0 Å². The molecule has 4 heteroatoms. The molecule has 2 atom stereocenters. The van der Waals surface area contributed by atoms with Crippen LogP contribution in [-0.2, 0) is 9.47 Å². The van der Waals surface area contributed by atoms with Crippen molar-refractivity contribution in [1.29, 1.82) is 0 Å². The zero-order valence-corrected chi connectivity index (χ0v) is 10.2. The molecule has 0 saturated heterocycles. The Morgan fingerprint density at radius 3 is 2.13 bits per heavy atom. The molecule has 1 aliphatic heterocycles. The van der Waals surface area contributed by atoms with Crippen molar-refractivity contribution in [2.75, 3.05) is 14.2 Å². The van der Waals surface area contributed by atoms with E-state index in [-0.39, 0.29) is 12.1 Å². The zero-order valence-electron chi connectivity index (χ0n) is 10.2. The molecule has 0 fully saturated rings. The summed E-state index contributed by atoms with van der Waals surface area (Å²) in [6.45, 7) is 6.26. The third kappa shape index (κ3) is 2.49. The molecule has 0 aromatic heterocycles. The summed E-state index contributed by atoms with van der Waals surface area (Å²) >= 11 is 0. The van der Waals surface area contributed by atoms with Crippen molar-refractivity contribution >= 4 is 11.8 Å². The van der Waals surface area contributed by atoms with Gasteiger partial charge in [0.25, 0.3) is 0 Å². The van der Waals surface area contributed by atoms with Gasteiger partial charge >= 0.3 is 0 Å². The topological polar surface area (TPSA) is 43.2 Å². The van der Waals surface area contributed by atoms with Crippen LogP contribution in [-0.4, -0.2) is 38.1 Å². The number of nitrogens with zero attached hydrogens (tertiary/aromatic N) is 2. The second-order valence-corrected chi connectivity index (χ2v) is 3.96. The Balaban J connectivity index is 2.94. The third-order valence-electron chi connectivity index (χ3n) is 2.52. The van der Waals surface area contributed by atoms with Gasteiger partial charge in [-0.3, -0.25) is 0 Å². The van der Waals surface area contributed by atoms with Crippen LogP contribution in [0.25, 0.3) is 0 Å². The average molecular weight is 212 g/mol. The summed E-state index contributed by atoms with van der Waals surface area (Å²) in [7, 11) is 3.29. The SMILES string of the molecule is CC[C@@H]1N=C(OC)[C@@H](C(C)C)N=C1OC. The van der Waals surface area contributed by atoms with Gasteiger partial charge in [0.1, 0.15) is 12.1 Å². The molecule has 15 heavy (non-hydrogen) atoms. The van der Waals surface area contributed by atoms with Gasteiger partial charge in [0, 0.05) is 0 Å². The Kier molecular flexibility index (Phi) is 4.12. The van der Waals surface area contributed by atoms with Crippen LogP contribution in [0.1, 0.15) is 27.2 Å². The van der Waals surface area contributed by atoms with Crippen molar-refractivity contribution in [1.82, 2.24) is 0 Å². The van der Waals surface area contributed by atoms with Crippen molar-refractivity contribution in [2.24, 2.45) is 15.9 Å². The minimum Gasteiger partial charge on any atom is -0.483 e. The Bertz CT molecular complexity index is 272. The number of aliphatic imine (C=N–C) groups is 2. The molecular weight excluding hydrogens is 192 g/mol. The van der Waals surface area contributed by atoms with E-state index >= 15 is 0 Å². The monoisotopic (exact) mass is 212 g/mol. The highest BCUT2D eigenvalue weighted by Crippen LogP contribution is 2.18. The first kappa shape index (κ1) is 12.0. The number of hydrogen-bond acceptors (Lipinski definition) is 4. The van der Waals surface area contributed by atoms with Crippen LogP contribution < -0.4 is 0 Å². The van der Waals surface area contributed by atoms with Crippen molar-refractivity contribution in [3.05, 3.63) is 0 Å². The van der Waals surface area contributed by atoms with Gasteiger partial charge in [-0.25, -0.2) is 9.98 Å². The van der Waals surface area contributed by atoms with Crippen LogP contribution in [0.5, 0.6) is 0 Å². The van der Waals surface area contributed by atoms with Crippen molar-refractivity contribution in [3.63, 3.8) is 0 Å². The molecule has 0 aliphatic carbocycles. The first-order valence-electron chi connectivity index (χ1n) is 5.37. The highest BCUT2D eigenvalue weighted by atomic mass is 16.5. The number of ether oxygens (including phenoxy) is 2. The normalized spacial score (nSPS) is 26.0. The molecule has 0 amide bonds. The zero-order chi connectivity index (χ0) is 11.4. The van der Waals surface area contributed by atoms with Crippen LogP contribution in [0.15, 0.2) is 9.98 Å². The maximum Gasteiger partial charge on any atom is 0.209 e. The van der Waals surface area contributed by atoms with Gasteiger partial charge in [-0.15, -0.1) is 0 Å². The van der Waals surface area contributed by atoms with E-state index in [0.717, 1.165) is 18.2 Å². The third-order valence-corrected chi connectivity index (χ3v) is 2.52. The smallest absolute Gasteiger partial charge is 0.209 e. The maximum absolute atomic E-state index is 5.28. The Morgan fingerprint density at radius 1 is 1.13 bits per heavy atom. The minimum absolute atomic E-state index is 0.00671. The van der Waals surface area contributed by atoms with Crippen molar-refractivity contribution < 1.29 is 9.47 Å². The molecule has 4 nitrogen and oxygen atoms in total. The van der Waals surface area contributed by atoms with E-state index in [9.17, 15) is 0 Å². The number of methoxy groups -OCH3 is 2. The van der Waals surface area contributed by atoms with Crippen molar-refractivity contribution in [3.8, 4) is 0 Å². The van der Waals surface area contributed by atoms with E-state index in [1.165, 1.54) is 0 Å². The number of hydrogen-bond donors (Lipinski definition) is 0. The first-order chi connectivity index (χ1) is 7.13. The van der Waals surface area contributed by atoms with Gasteiger partial charge in [0.15, 0.2) is 0 Å². The van der Waals surface area contributed by atoms with E-state index in [4.69, 9.17) is 9.47 Å². The molecule has 86 valence electrons. The van der Waals surface area contributed by atoms with E-state index in [1.54, 1.807) is 14.2 Å². The molecule has 0 radical (unpaired) electrons. The second kappa shape index (κ2) is 5.14. The fraction of sp³-hybridized carbons (Fsp3) is 0.818. The Hall–Kier alpha value is -1.06. The molecule has 0 N–H and O–H groups in total. The van der Waals surface area contributed by atoms with E-state index in [0.29, 0.717) is 5.92 Å². The van der Waals surface area contributed by atoms with Crippen LogP contribution in [0.3, 0.4) is 0 Å². The van der Waals surface area contributed by atoms with Crippen molar-refractivity contribution in [2.45, 2.75) is 39.3 Å². The highest BCUT2D eigenvalue weighted by molar-refractivity contribution is 5.93. The fourth-order valence-corrected chi connectivity index (χ4v) is 1.63. The van der Waals surface area contributed by atoms with Crippen LogP contribution >= 0.6 is 0 Å². The van der Waals surface area contributed by atoms with Crippen LogP contribution in [0.2, 0.25) is 0 Å². The molecule has 0 unspecified atom stereocenters. The Labute approximate surface area is 91.4 Å². The van der Waals surface area contributed by atoms with Gasteiger partial charge in [0.05, 0.1) is 14.2 Å². The summed E-state index contributed by atoms with van der Waals surface area (Å²) < 4.78 is 10.5. The molecule has 0 saturated carbocycles. The summed E-state index contributed by atoms with van der Waals surface area (Å²) in [6.07, 6.45) is 0.879. The summed E-state index contributed by atoms with van der Waals surface area (Å²) in [5.41, 5.74) is 0. The van der Waals surface area contributed by atoms with E-state index in [2.05, 4.69) is 30.8 Å². The Morgan fingerprint density at radius 2 is 1.73 bits per heavy atom. The number of rotatable bonds is 2. The molecule has 0 bridgehead atoms. The summed E-state index contributed by atoms with van der Waals surface area (Å²) in [5, 5.41) is 0. The standard InChI is InChI=1S/C11H20N2O2/c1-6-8-10(14-4)13-9(7(2)3)11(12-8)15-5/h7-9H,6H2,1-5H3/t8-,9+/m0/s1. The maximum atomic E-state index is 5.28. The van der Waals surface area contributed by atoms with Gasteiger partial charge < -0.3 is 9.47 Å². The highest BCUT2D eigenvalue weighted by Gasteiger charge is 2.29. The summed E-state index contributed by atoms with van der Waals surface area (Å²) in [6, 6.07) is 0.00713. The summed E-state index contributed by atoms with van der Waals surface area (Å²) in [5.74, 6) is 1.81. The van der Waals surface area contributed by atoms with E-state index < -0.39 is 0 Å². The van der Waals surface area contributed by atoms with Gasteiger partial charge in [0.2, 0.25) is 11.8 Å². The average Bonchev–Trinajstić information content (AvgIpc) is 2.26.